The number of rotatable bonds is 8. The van der Waals surface area contributed by atoms with E-state index in [4.69, 9.17) is 0 Å². The number of nitrogens with zero attached hydrogens (tertiary/aromatic N) is 2. The molecule has 402 valence electrons. The second-order valence-corrected chi connectivity index (χ2v) is 25.4. The van der Waals surface area contributed by atoms with Gasteiger partial charge in [-0.15, -0.1) is 0 Å². The van der Waals surface area contributed by atoms with Gasteiger partial charge in [-0.25, -0.2) is 0 Å². The molecule has 4 unspecified atom stereocenters. The molecule has 2 saturated carbocycles. The Balaban J connectivity index is 0.813. The highest BCUT2D eigenvalue weighted by Gasteiger charge is 2.59. The van der Waals surface area contributed by atoms with E-state index in [1.54, 1.807) is 5.56 Å². The van der Waals surface area contributed by atoms with E-state index in [9.17, 15) is 0 Å². The second kappa shape index (κ2) is 19.1. The molecule has 0 aromatic heterocycles. The van der Waals surface area contributed by atoms with Crippen LogP contribution in [0.3, 0.4) is 0 Å². The molecule has 0 spiro atoms. The summed E-state index contributed by atoms with van der Waals surface area (Å²) >= 11 is 0. The zero-order valence-corrected chi connectivity index (χ0v) is 48.5. The van der Waals surface area contributed by atoms with Gasteiger partial charge >= 0.3 is 0 Å². The smallest absolute Gasteiger partial charge is 0.0518 e. The average Bonchev–Trinajstić information content (AvgIpc) is 1.86. The van der Waals surface area contributed by atoms with Gasteiger partial charge in [0.25, 0.3) is 0 Å². The van der Waals surface area contributed by atoms with Crippen LogP contribution in [0.4, 0.5) is 22.7 Å². The number of fused-ring (bicyclic) bond motifs is 8. The fourth-order valence-electron chi connectivity index (χ4n) is 16.7. The maximum atomic E-state index is 2.73. The maximum absolute atomic E-state index is 2.73. The van der Waals surface area contributed by atoms with Gasteiger partial charge in [-0.1, -0.05) is 215 Å². The van der Waals surface area contributed by atoms with Crippen LogP contribution in [-0.4, -0.2) is 11.1 Å². The Morgan fingerprint density at radius 3 is 1.24 bits per heavy atom. The molecule has 2 aliphatic carbocycles. The molecule has 11 aromatic rings. The third kappa shape index (κ3) is 7.45. The Morgan fingerprint density at radius 2 is 0.732 bits per heavy atom. The fraction of sp³-hybridized carbons (Fsp3) is 0.225. The third-order valence-corrected chi connectivity index (χ3v) is 21.3. The monoisotopic (exact) mass is 1060 g/mol. The van der Waals surface area contributed by atoms with Crippen LogP contribution in [0.25, 0.3) is 88.3 Å². The Bertz CT molecular complexity index is 4280. The van der Waals surface area contributed by atoms with Crippen molar-refractivity contribution in [3.63, 3.8) is 0 Å². The summed E-state index contributed by atoms with van der Waals surface area (Å²) in [6, 6.07) is 87.4. The lowest BCUT2D eigenvalue weighted by atomic mass is 9.60. The lowest BCUT2D eigenvalue weighted by Crippen LogP contribution is -2.54. The summed E-state index contributed by atoms with van der Waals surface area (Å²) in [6.07, 6.45) is 9.88. The number of hydrogen-bond acceptors (Lipinski definition) is 2. The number of para-hydroxylation sites is 2. The molecule has 0 amide bonds. The molecular weight excluding hydrogens is 989 g/mol. The van der Waals surface area contributed by atoms with Gasteiger partial charge in [0.2, 0.25) is 0 Å². The molecule has 2 aliphatic heterocycles. The first kappa shape index (κ1) is 50.5. The Labute approximate surface area is 485 Å². The first-order valence-electron chi connectivity index (χ1n) is 30.3. The van der Waals surface area contributed by atoms with E-state index >= 15 is 0 Å². The van der Waals surface area contributed by atoms with Crippen LogP contribution >= 0.6 is 0 Å². The average molecular weight is 1060 g/mol. The van der Waals surface area contributed by atoms with Crippen molar-refractivity contribution in [1.29, 1.82) is 0 Å². The SMILES string of the molecule is Cc1cc(-c2ccc(-c3ccc4c(-c5ccccc5)c5cc(-c6ccc(-c7ccc8c(c7)C7(C)CCCCC7(C)N8c7ccccc7)cc6)ccc5c(-c5ccccc5)c4c3)cc2)c(C)c2c1N(c1ccccc1)C1(C)CCCCC21C. The topological polar surface area (TPSA) is 6.48 Å². The molecule has 0 N–H and O–H groups in total. The molecule has 0 bridgehead atoms. The maximum Gasteiger partial charge on any atom is 0.0518 e. The zero-order valence-electron chi connectivity index (χ0n) is 48.5. The van der Waals surface area contributed by atoms with Gasteiger partial charge in [-0.2, -0.15) is 0 Å². The highest BCUT2D eigenvalue weighted by Crippen LogP contribution is 2.64. The quantitative estimate of drug-likeness (QED) is 0.140. The van der Waals surface area contributed by atoms with Gasteiger partial charge in [0.15, 0.2) is 0 Å². The van der Waals surface area contributed by atoms with Crippen LogP contribution in [0, 0.1) is 13.8 Å². The lowest BCUT2D eigenvalue weighted by Gasteiger charge is -2.50. The van der Waals surface area contributed by atoms with Crippen molar-refractivity contribution >= 4 is 44.3 Å². The van der Waals surface area contributed by atoms with E-state index in [2.05, 4.69) is 282 Å². The number of benzene rings is 11. The minimum Gasteiger partial charge on any atom is -0.334 e. The molecule has 2 heteroatoms. The van der Waals surface area contributed by atoms with Crippen LogP contribution in [0.5, 0.6) is 0 Å². The molecule has 0 radical (unpaired) electrons. The molecule has 82 heavy (non-hydrogen) atoms. The first-order valence-corrected chi connectivity index (χ1v) is 30.3. The summed E-state index contributed by atoms with van der Waals surface area (Å²) in [5.74, 6) is 0. The van der Waals surface area contributed by atoms with Crippen LogP contribution in [0.15, 0.2) is 231 Å². The van der Waals surface area contributed by atoms with Crippen LogP contribution in [0.1, 0.15) is 101 Å². The summed E-state index contributed by atoms with van der Waals surface area (Å²) in [5, 5.41) is 5.03. The van der Waals surface area contributed by atoms with Crippen molar-refractivity contribution < 1.29 is 0 Å². The largest absolute Gasteiger partial charge is 0.334 e. The van der Waals surface area contributed by atoms with Gasteiger partial charge in [-0.3, -0.25) is 0 Å². The molecular formula is C80H72N2. The van der Waals surface area contributed by atoms with Crippen molar-refractivity contribution in [2.75, 3.05) is 9.80 Å². The van der Waals surface area contributed by atoms with Crippen molar-refractivity contribution in [2.45, 2.75) is 115 Å². The summed E-state index contributed by atoms with van der Waals surface area (Å²) in [6.45, 7) is 14.9. The molecule has 11 aromatic carbocycles. The molecule has 15 rings (SSSR count). The van der Waals surface area contributed by atoms with Gasteiger partial charge in [0.05, 0.1) is 11.1 Å². The summed E-state index contributed by atoms with van der Waals surface area (Å²) < 4.78 is 0. The molecule has 2 nitrogen and oxygen atoms in total. The van der Waals surface area contributed by atoms with Crippen molar-refractivity contribution in [3.05, 3.63) is 253 Å². The van der Waals surface area contributed by atoms with E-state index in [1.165, 1.54) is 179 Å². The fourth-order valence-corrected chi connectivity index (χ4v) is 16.7. The lowest BCUT2D eigenvalue weighted by molar-refractivity contribution is 0.194. The summed E-state index contributed by atoms with van der Waals surface area (Å²) in [7, 11) is 0. The van der Waals surface area contributed by atoms with Gasteiger partial charge in [-0.05, 0) is 219 Å². The second-order valence-electron chi connectivity index (χ2n) is 25.4. The van der Waals surface area contributed by atoms with E-state index < -0.39 is 0 Å². The Morgan fingerprint density at radius 1 is 0.329 bits per heavy atom. The van der Waals surface area contributed by atoms with Gasteiger partial charge in [0.1, 0.15) is 0 Å². The minimum absolute atomic E-state index is 0.00995. The first-order chi connectivity index (χ1) is 40.0. The van der Waals surface area contributed by atoms with Crippen molar-refractivity contribution in [2.24, 2.45) is 0 Å². The molecule has 4 atom stereocenters. The van der Waals surface area contributed by atoms with Crippen LogP contribution < -0.4 is 9.80 Å². The molecule has 2 fully saturated rings. The van der Waals surface area contributed by atoms with E-state index in [0.717, 1.165) is 0 Å². The molecule has 4 aliphatic rings. The Kier molecular flexibility index (Phi) is 11.7. The number of hydrogen-bond donors (Lipinski definition) is 0. The molecule has 2 heterocycles. The minimum atomic E-state index is 0.00995. The normalized spacial score (nSPS) is 21.8. The van der Waals surface area contributed by atoms with E-state index in [1.807, 2.05) is 0 Å². The van der Waals surface area contributed by atoms with Gasteiger partial charge in [0, 0.05) is 33.6 Å². The predicted molar refractivity (Wildman–Crippen MR) is 349 cm³/mol. The zero-order chi connectivity index (χ0) is 55.5. The number of anilines is 4. The molecule has 0 saturated heterocycles. The van der Waals surface area contributed by atoms with Crippen molar-refractivity contribution in [1.82, 2.24) is 0 Å². The summed E-state index contributed by atoms with van der Waals surface area (Å²) in [5.41, 5.74) is 26.4. The highest BCUT2D eigenvalue weighted by atomic mass is 15.3. The van der Waals surface area contributed by atoms with Crippen LogP contribution in [0.2, 0.25) is 0 Å². The van der Waals surface area contributed by atoms with Gasteiger partial charge < -0.3 is 9.80 Å². The Hall–Kier alpha value is -8.46. The highest BCUT2D eigenvalue weighted by molar-refractivity contribution is 6.22. The van der Waals surface area contributed by atoms with Crippen LogP contribution in [-0.2, 0) is 10.8 Å². The van der Waals surface area contributed by atoms with E-state index in [0.29, 0.717) is 0 Å². The van der Waals surface area contributed by atoms with E-state index in [-0.39, 0.29) is 21.9 Å². The predicted octanol–water partition coefficient (Wildman–Crippen LogP) is 22.1. The van der Waals surface area contributed by atoms with Crippen molar-refractivity contribution in [3.8, 4) is 66.8 Å². The summed E-state index contributed by atoms with van der Waals surface area (Å²) in [4.78, 5) is 5.39. The third-order valence-electron chi connectivity index (χ3n) is 21.3. The number of aryl methyl sites for hydroxylation is 1. The standard InChI is InChI=1S/C80H72N2/c1-53-49-68(54(2)75-76(53)82(65-29-17-10-18-30-65)80(6)48-22-20-46-78(75,80)4)58-37-35-56(36-38-58)62-40-43-67-70(51-62)74(60-25-13-8-14-26-60)66-42-39-61(50-69(66)73(67)59-23-11-7-12-24-59)55-31-33-57(34-32-55)63-41-44-72-71(52-63)77(3)45-19-21-47-79(77,5)81(72)64-27-15-9-16-28-64/h7-18,23-44,49-52H,19-22,45-48H2,1-6H3.